The van der Waals surface area contributed by atoms with Crippen LogP contribution in [0, 0.1) is 19.7 Å². The van der Waals surface area contributed by atoms with Crippen molar-refractivity contribution in [1.29, 1.82) is 0 Å². The zero-order valence-electron chi connectivity index (χ0n) is 22.5. The number of rotatable bonds is 4. The van der Waals surface area contributed by atoms with E-state index in [2.05, 4.69) is 0 Å². The predicted octanol–water partition coefficient (Wildman–Crippen LogP) is 5.45. The van der Waals surface area contributed by atoms with Gasteiger partial charge in [-0.25, -0.2) is 9.18 Å². The lowest BCUT2D eigenvalue weighted by Gasteiger charge is -2.34. The Morgan fingerprint density at radius 3 is 2.45 bits per heavy atom. The second-order valence-corrected chi connectivity index (χ2v) is 8.88. The number of hydrogen-bond donors (Lipinski definition) is 1. The van der Waals surface area contributed by atoms with Crippen molar-refractivity contribution in [2.24, 2.45) is 0 Å². The molecule has 1 atom stereocenters. The molecule has 0 saturated carbocycles. The monoisotopic (exact) mass is 428 g/mol. The van der Waals surface area contributed by atoms with Gasteiger partial charge in [-0.3, -0.25) is 0 Å². The molecule has 3 aromatic rings. The number of aromatic nitrogens is 1. The summed E-state index contributed by atoms with van der Waals surface area (Å²) < 4.78 is 55.8. The van der Waals surface area contributed by atoms with Crippen molar-refractivity contribution in [2.75, 3.05) is 18.4 Å². The van der Waals surface area contributed by atoms with E-state index in [1.165, 1.54) is 28.6 Å². The number of carboxylic acids is 1. The molecule has 164 valence electrons. The molecule has 0 spiro atoms. The number of nitrogens with zero attached hydrogens (tertiary/aromatic N) is 2. The van der Waals surface area contributed by atoms with Gasteiger partial charge in [-0.05, 0) is 69.5 Å². The van der Waals surface area contributed by atoms with Crippen LogP contribution >= 0.6 is 0 Å². The van der Waals surface area contributed by atoms with Gasteiger partial charge in [-0.2, -0.15) is 0 Å². The quantitative estimate of drug-likeness (QED) is 0.600. The average molecular weight is 429 g/mol. The first-order valence-electron chi connectivity index (χ1n) is 12.1. The van der Waals surface area contributed by atoms with Crippen molar-refractivity contribution >= 4 is 22.6 Å². The molecule has 0 bridgehead atoms. The molecule has 1 N–H and O–H groups in total. The molecule has 4 rings (SSSR count). The number of ether oxygens (including phenoxy) is 1. The minimum absolute atomic E-state index is 0.323. The van der Waals surface area contributed by atoms with E-state index in [0.717, 1.165) is 0 Å². The second-order valence-electron chi connectivity index (χ2n) is 8.88. The molecule has 0 amide bonds. The van der Waals surface area contributed by atoms with Gasteiger partial charge in [-0.1, -0.05) is 12.1 Å². The van der Waals surface area contributed by atoms with Crippen LogP contribution < -0.4 is 4.90 Å². The Morgan fingerprint density at radius 1 is 1.23 bits per heavy atom. The van der Waals surface area contributed by atoms with Gasteiger partial charge in [-0.15, -0.1) is 0 Å². The summed E-state index contributed by atoms with van der Waals surface area (Å²) >= 11 is 0. The first kappa shape index (κ1) is 16.8. The Kier molecular flexibility index (Phi) is 3.99. The molecular weight excluding hydrogens is 395 g/mol. The first-order valence-corrected chi connectivity index (χ1v) is 10.1. The number of aryl methyl sites for hydroxylation is 2. The summed E-state index contributed by atoms with van der Waals surface area (Å²) in [4.78, 5) is 13.8. The summed E-state index contributed by atoms with van der Waals surface area (Å²) in [5.74, 6) is -1.66. The van der Waals surface area contributed by atoms with E-state index in [-0.39, 0.29) is 0 Å². The smallest absolute Gasteiger partial charge is 0.337 e. The molecule has 2 heterocycles. The van der Waals surface area contributed by atoms with Crippen molar-refractivity contribution in [3.63, 3.8) is 0 Å². The lowest BCUT2D eigenvalue weighted by Crippen LogP contribution is -2.31. The molecule has 1 aromatic heterocycles. The van der Waals surface area contributed by atoms with Gasteiger partial charge in [0.1, 0.15) is 5.82 Å². The van der Waals surface area contributed by atoms with Gasteiger partial charge in [0.2, 0.25) is 0 Å². The fourth-order valence-corrected chi connectivity index (χ4v) is 4.28. The van der Waals surface area contributed by atoms with Crippen molar-refractivity contribution in [3.05, 3.63) is 53.0 Å². The van der Waals surface area contributed by atoms with E-state index >= 15 is 0 Å². The standard InChI is InChI=1S/C25H29FN2O3/c1-14-13-18-20(16-7-9-17(26)10-8-16)19(23(24(29)30)31-25(3,4)5)15(2)21-22(18)28(14)12-11-27(21)6/h7-10,13,23H,11-12H2,1-6H3,(H,29,30)/t23-/m0/s1/i11D2,12D2. The summed E-state index contributed by atoms with van der Waals surface area (Å²) in [5.41, 5.74) is 2.32. The predicted molar refractivity (Wildman–Crippen MR) is 121 cm³/mol. The highest BCUT2D eigenvalue weighted by atomic mass is 19.1. The number of halogens is 1. The lowest BCUT2D eigenvalue weighted by atomic mass is 9.87. The molecule has 5 nitrogen and oxygen atoms in total. The Morgan fingerprint density at radius 2 is 1.87 bits per heavy atom. The van der Waals surface area contributed by atoms with Gasteiger partial charge in [0.05, 0.1) is 22.3 Å². The lowest BCUT2D eigenvalue weighted by molar-refractivity contribution is -0.160. The van der Waals surface area contributed by atoms with Gasteiger partial charge in [0.15, 0.2) is 6.10 Å². The third-order valence-electron chi connectivity index (χ3n) is 5.46. The van der Waals surface area contributed by atoms with Gasteiger partial charge in [0.25, 0.3) is 0 Å². The molecule has 0 aliphatic carbocycles. The van der Waals surface area contributed by atoms with Crippen LogP contribution in [0.3, 0.4) is 0 Å². The van der Waals surface area contributed by atoms with Crippen LogP contribution in [0.1, 0.15) is 49.2 Å². The van der Waals surface area contributed by atoms with Gasteiger partial charge < -0.3 is 19.3 Å². The van der Waals surface area contributed by atoms with Crippen LogP contribution in [0.2, 0.25) is 0 Å². The van der Waals surface area contributed by atoms with E-state index in [9.17, 15) is 14.3 Å². The van der Waals surface area contributed by atoms with Crippen LogP contribution in [0.5, 0.6) is 0 Å². The van der Waals surface area contributed by atoms with Crippen molar-refractivity contribution in [2.45, 2.75) is 52.8 Å². The molecule has 2 aromatic carbocycles. The van der Waals surface area contributed by atoms with Gasteiger partial charge >= 0.3 is 5.97 Å². The van der Waals surface area contributed by atoms with Crippen molar-refractivity contribution in [1.82, 2.24) is 4.57 Å². The SMILES string of the molecule is [2H]C1([2H])N(C)c2c(C)c([C@H](OC(C)(C)C)C(=O)O)c(-c3ccc(F)cc3)c3cc(C)n(c23)C1([2H])[2H]. The highest BCUT2D eigenvalue weighted by molar-refractivity contribution is 6.07. The zero-order chi connectivity index (χ0) is 26.2. The number of aliphatic carboxylic acids is 1. The minimum atomic E-state index is -2.43. The largest absolute Gasteiger partial charge is 0.479 e. The van der Waals surface area contributed by atoms with Crippen LogP contribution in [-0.4, -0.2) is 34.8 Å². The number of hydrogen-bond acceptors (Lipinski definition) is 3. The highest BCUT2D eigenvalue weighted by Gasteiger charge is 2.35. The maximum Gasteiger partial charge on any atom is 0.337 e. The van der Waals surface area contributed by atoms with Crippen LogP contribution in [0.4, 0.5) is 10.1 Å². The average Bonchev–Trinajstić information content (AvgIpc) is 3.07. The molecule has 1 aliphatic heterocycles. The maximum atomic E-state index is 13.8. The summed E-state index contributed by atoms with van der Waals surface area (Å²) in [7, 11) is 1.47. The number of carbonyl (C=O) groups is 1. The van der Waals surface area contributed by atoms with E-state index in [1.807, 2.05) is 0 Å². The Labute approximate surface area is 187 Å². The number of likely N-dealkylation sites (N-methyl/N-ethyl adjacent to an activating group) is 1. The molecule has 0 saturated heterocycles. The second kappa shape index (κ2) is 7.38. The number of carboxylic acid groups (broad SMARTS) is 1. The summed E-state index contributed by atoms with van der Waals surface area (Å²) in [5, 5.41) is 10.8. The fourth-order valence-electron chi connectivity index (χ4n) is 4.28. The van der Waals surface area contributed by atoms with E-state index in [0.29, 0.717) is 44.5 Å². The Hall–Kier alpha value is -2.86. The van der Waals surface area contributed by atoms with Crippen molar-refractivity contribution < 1.29 is 24.5 Å². The van der Waals surface area contributed by atoms with E-state index in [1.54, 1.807) is 52.8 Å². The number of anilines is 1. The Balaban J connectivity index is 2.24. The highest BCUT2D eigenvalue weighted by Crippen LogP contribution is 2.47. The molecule has 0 fully saturated rings. The molecule has 0 unspecified atom stereocenters. The summed E-state index contributed by atoms with van der Waals surface area (Å²) in [6.07, 6.45) is -1.41. The van der Waals surface area contributed by atoms with Crippen LogP contribution in [0.25, 0.3) is 22.0 Å². The van der Waals surface area contributed by atoms with E-state index < -0.39 is 36.5 Å². The molecular formula is C25H29FN2O3. The number of benzene rings is 2. The first-order chi connectivity index (χ1) is 16.0. The topological polar surface area (TPSA) is 54.7 Å². The molecule has 1 aliphatic rings. The van der Waals surface area contributed by atoms with Crippen LogP contribution in [0.15, 0.2) is 30.3 Å². The molecule has 0 radical (unpaired) electrons. The minimum Gasteiger partial charge on any atom is -0.479 e. The fraction of sp³-hybridized carbons (Fsp3) is 0.400. The molecule has 6 heteroatoms. The zero-order valence-corrected chi connectivity index (χ0v) is 18.5. The normalized spacial score (nSPS) is 20.0. The van der Waals surface area contributed by atoms with E-state index in [4.69, 9.17) is 10.2 Å². The third kappa shape index (κ3) is 3.59. The Bertz CT molecular complexity index is 1340. The van der Waals surface area contributed by atoms with Crippen LogP contribution in [-0.2, 0) is 16.0 Å². The third-order valence-corrected chi connectivity index (χ3v) is 5.46. The molecule has 31 heavy (non-hydrogen) atoms. The van der Waals surface area contributed by atoms with Gasteiger partial charge in [0, 0.05) is 36.7 Å². The summed E-state index contributed by atoms with van der Waals surface area (Å²) in [6.45, 7) is 3.78. The summed E-state index contributed by atoms with van der Waals surface area (Å²) in [6, 6.07) is 7.41. The van der Waals surface area contributed by atoms with Crippen molar-refractivity contribution in [3.8, 4) is 11.1 Å². The maximum absolute atomic E-state index is 13.8.